The van der Waals surface area contributed by atoms with E-state index in [0.29, 0.717) is 19.3 Å². The monoisotopic (exact) mass is 691 g/mol. The molecule has 0 atom stereocenters. The maximum absolute atomic E-state index is 11.0. The minimum absolute atomic E-state index is 0. The molecule has 0 aliphatic rings. The predicted molar refractivity (Wildman–Crippen MR) is 172 cm³/mol. The van der Waals surface area contributed by atoms with Gasteiger partial charge in [-0.15, -0.1) is 0 Å². The molecule has 0 aromatic heterocycles. The summed E-state index contributed by atoms with van der Waals surface area (Å²) in [5.74, 6) is -4.40. The predicted octanol–water partition coefficient (Wildman–Crippen LogP) is 5.51. The smallest absolute Gasteiger partial charge is 0.550 e. The van der Waals surface area contributed by atoms with Crippen LogP contribution in [0.1, 0.15) is 194 Å². The van der Waals surface area contributed by atoms with Gasteiger partial charge in [-0.1, -0.05) is 136 Å². The van der Waals surface area contributed by atoms with Crippen LogP contribution >= 0.6 is 0 Å². The normalized spacial score (nSPS) is 9.98. The van der Waals surface area contributed by atoms with Gasteiger partial charge in [0, 0.05) is 56.4 Å². The van der Waals surface area contributed by atoms with Gasteiger partial charge in [0.25, 0.3) is 0 Å². The summed E-state index contributed by atoms with van der Waals surface area (Å²) >= 11 is 0. The fourth-order valence-electron chi connectivity index (χ4n) is 4.59. The van der Waals surface area contributed by atoms with Gasteiger partial charge in [0.05, 0.1) is 0 Å². The molecule has 0 rings (SSSR count). The zero-order valence-electron chi connectivity index (χ0n) is 29.2. The maximum atomic E-state index is 11.0. The van der Waals surface area contributed by atoms with E-state index in [4.69, 9.17) is 0 Å². The second-order valence-corrected chi connectivity index (χ2v) is 11.9. The number of carboxylic acids is 3. The SMILES string of the molecule is CCCCCCCCCC(=O)CC(=O)[O-].CCCCCCCCCC(=O)CC(=O)[O-].CCCCCCCCCC(=O)CC(=O)[O-].[Cr+3]. The molecule has 0 bridgehead atoms. The first kappa shape index (κ1) is 50.8. The van der Waals surface area contributed by atoms with Crippen molar-refractivity contribution in [2.75, 3.05) is 0 Å². The molecule has 9 nitrogen and oxygen atoms in total. The van der Waals surface area contributed by atoms with E-state index in [1.807, 2.05) is 0 Å². The molecule has 267 valence electrons. The van der Waals surface area contributed by atoms with Gasteiger partial charge in [-0.3, -0.25) is 14.4 Å². The van der Waals surface area contributed by atoms with Crippen LogP contribution < -0.4 is 15.3 Å². The van der Waals surface area contributed by atoms with Gasteiger partial charge >= 0.3 is 17.4 Å². The first-order valence-corrected chi connectivity index (χ1v) is 17.6. The van der Waals surface area contributed by atoms with Crippen LogP contribution in [0.5, 0.6) is 0 Å². The van der Waals surface area contributed by atoms with Crippen molar-refractivity contribution in [2.24, 2.45) is 0 Å². The number of unbranched alkanes of at least 4 members (excludes halogenated alkanes) is 18. The first-order chi connectivity index (χ1) is 21.5. The molecule has 0 unspecified atom stereocenters. The van der Waals surface area contributed by atoms with E-state index in [1.165, 1.54) is 77.0 Å². The van der Waals surface area contributed by atoms with Crippen LogP contribution in [0, 0.1) is 0 Å². The molecule has 0 aromatic carbocycles. The van der Waals surface area contributed by atoms with Gasteiger partial charge in [0.15, 0.2) is 0 Å². The van der Waals surface area contributed by atoms with Gasteiger partial charge in [-0.25, -0.2) is 0 Å². The van der Waals surface area contributed by atoms with Crippen molar-refractivity contribution in [3.63, 3.8) is 0 Å². The van der Waals surface area contributed by atoms with Crippen LogP contribution in [0.2, 0.25) is 0 Å². The fraction of sp³-hybridized carbons (Fsp3) is 0.833. The van der Waals surface area contributed by atoms with Crippen LogP contribution in [-0.4, -0.2) is 35.3 Å². The summed E-state index contributed by atoms with van der Waals surface area (Å²) in [4.78, 5) is 63.2. The Hall–Kier alpha value is -2.05. The van der Waals surface area contributed by atoms with Crippen molar-refractivity contribution in [1.82, 2.24) is 0 Å². The van der Waals surface area contributed by atoms with E-state index in [9.17, 15) is 44.1 Å². The zero-order valence-corrected chi connectivity index (χ0v) is 30.4. The van der Waals surface area contributed by atoms with E-state index in [1.54, 1.807) is 0 Å². The third-order valence-electron chi connectivity index (χ3n) is 7.20. The van der Waals surface area contributed by atoms with Crippen molar-refractivity contribution in [3.8, 4) is 0 Å². The topological polar surface area (TPSA) is 172 Å². The zero-order chi connectivity index (χ0) is 34.6. The van der Waals surface area contributed by atoms with E-state index in [0.717, 1.165) is 57.8 Å². The Morgan fingerprint density at radius 1 is 0.326 bits per heavy atom. The number of Topliss-reactive ketones (excluding diaryl/α,β-unsaturated/α-hetero) is 3. The summed E-state index contributed by atoms with van der Waals surface area (Å²) in [7, 11) is 0. The van der Waals surface area contributed by atoms with Gasteiger partial charge in [0.1, 0.15) is 17.3 Å². The first-order valence-electron chi connectivity index (χ1n) is 17.6. The van der Waals surface area contributed by atoms with Crippen LogP contribution in [0.3, 0.4) is 0 Å². The molecule has 0 saturated heterocycles. The number of aliphatic carboxylic acids is 3. The van der Waals surface area contributed by atoms with Crippen LogP contribution in [0.15, 0.2) is 0 Å². The molecule has 0 aromatic rings. The standard InChI is InChI=1S/3C12H22O3.Cr/c3*1-2-3-4-5-6-7-8-9-11(13)10-12(14)15;/h3*2-10H2,1H3,(H,14,15);/q;;;+3/p-3. The Morgan fingerprint density at radius 2 is 0.500 bits per heavy atom. The molecule has 0 aliphatic carbocycles. The molecule has 1 radical (unpaired) electrons. The van der Waals surface area contributed by atoms with Gasteiger partial charge in [-0.05, 0) is 19.3 Å². The van der Waals surface area contributed by atoms with Crippen LogP contribution in [0.4, 0.5) is 0 Å². The Bertz CT molecular complexity index is 669. The minimum atomic E-state index is -1.26. The molecule has 0 aliphatic heterocycles. The number of rotatable bonds is 30. The molecule has 0 N–H and O–H groups in total. The quantitative estimate of drug-likeness (QED) is 0.0696. The summed E-state index contributed by atoms with van der Waals surface area (Å²) in [5.41, 5.74) is 0. The van der Waals surface area contributed by atoms with Gasteiger partial charge < -0.3 is 29.7 Å². The van der Waals surface area contributed by atoms with Crippen molar-refractivity contribution < 1.29 is 61.4 Å². The van der Waals surface area contributed by atoms with Gasteiger partial charge in [-0.2, -0.15) is 0 Å². The Morgan fingerprint density at radius 3 is 0.674 bits per heavy atom. The Balaban J connectivity index is -0.000000285. The Kier molecular flexibility index (Phi) is 45.3. The van der Waals surface area contributed by atoms with Crippen molar-refractivity contribution in [2.45, 2.75) is 194 Å². The van der Waals surface area contributed by atoms with Crippen molar-refractivity contribution in [1.29, 1.82) is 0 Å². The van der Waals surface area contributed by atoms with Crippen LogP contribution in [-0.2, 0) is 46.1 Å². The molecule has 0 amide bonds. The second kappa shape index (κ2) is 41.0. The number of carboxylic acid groups (broad SMARTS) is 3. The summed E-state index contributed by atoms with van der Waals surface area (Å²) in [6, 6.07) is 0. The second-order valence-electron chi connectivity index (χ2n) is 11.9. The summed E-state index contributed by atoms with van der Waals surface area (Å²) in [6.45, 7) is 6.54. The van der Waals surface area contributed by atoms with E-state index in [-0.39, 0.29) is 34.7 Å². The van der Waals surface area contributed by atoms with Crippen molar-refractivity contribution in [3.05, 3.63) is 0 Å². The Labute approximate surface area is 290 Å². The van der Waals surface area contributed by atoms with E-state index in [2.05, 4.69) is 20.8 Å². The number of hydrogen-bond acceptors (Lipinski definition) is 9. The molecule has 10 heteroatoms. The largest absolute Gasteiger partial charge is 3.00 e. The van der Waals surface area contributed by atoms with Crippen molar-refractivity contribution >= 4 is 35.3 Å². The number of hydrogen-bond donors (Lipinski definition) is 0. The average molecular weight is 692 g/mol. The fourth-order valence-corrected chi connectivity index (χ4v) is 4.59. The summed E-state index contributed by atoms with van der Waals surface area (Å²) < 4.78 is 0. The van der Waals surface area contributed by atoms with E-state index < -0.39 is 37.2 Å². The minimum Gasteiger partial charge on any atom is -0.550 e. The molecule has 0 fully saturated rings. The van der Waals surface area contributed by atoms with Gasteiger partial charge in [0.2, 0.25) is 0 Å². The molecule has 0 heterocycles. The molecular weight excluding hydrogens is 628 g/mol. The van der Waals surface area contributed by atoms with Crippen LogP contribution in [0.25, 0.3) is 0 Å². The summed E-state index contributed by atoms with van der Waals surface area (Å²) in [6.07, 6.45) is 23.9. The molecular formula is C36H63CrO9. The molecule has 0 spiro atoms. The third-order valence-corrected chi connectivity index (χ3v) is 7.20. The number of carbonyl (C=O) groups excluding carboxylic acids is 6. The number of carbonyl (C=O) groups is 6. The molecule has 0 saturated carbocycles. The average Bonchev–Trinajstić information content (AvgIpc) is 2.95. The third kappa shape index (κ3) is 51.5. The summed E-state index contributed by atoms with van der Waals surface area (Å²) in [5, 5.41) is 30.3. The number of ketones is 3. The van der Waals surface area contributed by atoms with E-state index >= 15 is 0 Å². The maximum Gasteiger partial charge on any atom is 3.00 e. The molecule has 46 heavy (non-hydrogen) atoms.